The molecule has 0 unspecified atom stereocenters. The van der Waals surface area contributed by atoms with Crippen molar-refractivity contribution in [2.45, 2.75) is 12.8 Å². The first-order chi connectivity index (χ1) is 12.6. The Morgan fingerprint density at radius 1 is 1.23 bits per heavy atom. The van der Waals surface area contributed by atoms with Crippen LogP contribution in [0.2, 0.25) is 0 Å². The summed E-state index contributed by atoms with van der Waals surface area (Å²) in [5, 5.41) is 0. The number of benzene rings is 2. The number of esters is 1. The lowest BCUT2D eigenvalue weighted by Crippen LogP contribution is -2.07. The Labute approximate surface area is 156 Å². The molecule has 5 nitrogen and oxygen atoms in total. The minimum absolute atomic E-state index is 0.190. The number of halogens is 1. The maximum atomic E-state index is 12.5. The monoisotopic (exact) mass is 372 g/mol. The van der Waals surface area contributed by atoms with Gasteiger partial charge in [-0.25, -0.2) is 0 Å². The molecule has 0 radical (unpaired) electrons. The van der Waals surface area contributed by atoms with E-state index in [1.54, 1.807) is 31.4 Å². The van der Waals surface area contributed by atoms with Crippen molar-refractivity contribution in [1.29, 1.82) is 0 Å². The first-order valence-corrected chi connectivity index (χ1v) is 8.64. The molecule has 0 aromatic heterocycles. The highest BCUT2D eigenvalue weighted by Gasteiger charge is 2.28. The molecule has 1 aliphatic heterocycles. The fourth-order valence-corrected chi connectivity index (χ4v) is 2.68. The van der Waals surface area contributed by atoms with E-state index in [0.717, 1.165) is 5.56 Å². The third-order valence-corrected chi connectivity index (χ3v) is 4.08. The zero-order valence-corrected chi connectivity index (χ0v) is 14.9. The highest BCUT2D eigenvalue weighted by molar-refractivity contribution is 6.18. The fraction of sp³-hybridized carbons (Fsp3) is 0.200. The van der Waals surface area contributed by atoms with E-state index in [1.807, 2.05) is 18.2 Å². The molecule has 0 aliphatic carbocycles. The molecule has 0 atom stereocenters. The number of methoxy groups -OCH3 is 1. The van der Waals surface area contributed by atoms with Crippen LogP contribution in [-0.2, 0) is 4.79 Å². The van der Waals surface area contributed by atoms with Crippen LogP contribution in [0, 0.1) is 0 Å². The van der Waals surface area contributed by atoms with Gasteiger partial charge in [-0.3, -0.25) is 9.59 Å². The van der Waals surface area contributed by atoms with Crippen molar-refractivity contribution in [1.82, 2.24) is 0 Å². The van der Waals surface area contributed by atoms with Gasteiger partial charge in [0.25, 0.3) is 0 Å². The van der Waals surface area contributed by atoms with Gasteiger partial charge in [-0.15, -0.1) is 11.6 Å². The predicted octanol–water partition coefficient (Wildman–Crippen LogP) is 4.24. The summed E-state index contributed by atoms with van der Waals surface area (Å²) in [7, 11) is 1.56. The highest BCUT2D eigenvalue weighted by Crippen LogP contribution is 2.35. The van der Waals surface area contributed by atoms with Gasteiger partial charge in [0.15, 0.2) is 5.76 Å². The zero-order valence-electron chi connectivity index (χ0n) is 14.2. The first kappa shape index (κ1) is 18.0. The summed E-state index contributed by atoms with van der Waals surface area (Å²) < 4.78 is 16.2. The second kappa shape index (κ2) is 8.06. The number of hydrogen-bond donors (Lipinski definition) is 0. The van der Waals surface area contributed by atoms with Crippen molar-refractivity contribution in [2.75, 3.05) is 13.0 Å². The van der Waals surface area contributed by atoms with Gasteiger partial charge in [0.2, 0.25) is 5.78 Å². The molecule has 26 heavy (non-hydrogen) atoms. The van der Waals surface area contributed by atoms with Crippen molar-refractivity contribution in [2.24, 2.45) is 0 Å². The van der Waals surface area contributed by atoms with Crippen LogP contribution in [0.5, 0.6) is 17.2 Å². The molecule has 1 heterocycles. The normalized spacial score (nSPS) is 14.1. The number of alkyl halides is 1. The molecular weight excluding hydrogens is 356 g/mol. The maximum Gasteiger partial charge on any atom is 0.311 e. The lowest BCUT2D eigenvalue weighted by atomic mass is 10.1. The molecule has 0 spiro atoms. The number of para-hydroxylation sites is 1. The molecule has 0 bridgehead atoms. The molecule has 0 fully saturated rings. The van der Waals surface area contributed by atoms with E-state index in [0.29, 0.717) is 35.1 Å². The molecule has 0 saturated carbocycles. The second-order valence-electron chi connectivity index (χ2n) is 5.61. The summed E-state index contributed by atoms with van der Waals surface area (Å²) in [6, 6.07) is 12.0. The standard InChI is InChI=1S/C20H17ClO5/c1-24-16-6-3-2-5-13(16)11-18-20(23)15-9-8-14(12-17(15)26-18)25-19(22)7-4-10-21/h2-3,5-6,8-9,11-12H,4,7,10H2,1H3. The van der Waals surface area contributed by atoms with E-state index in [9.17, 15) is 9.59 Å². The van der Waals surface area contributed by atoms with Gasteiger partial charge in [-0.05, 0) is 30.7 Å². The third kappa shape index (κ3) is 3.89. The Hall–Kier alpha value is -2.79. The Bertz CT molecular complexity index is 872. The van der Waals surface area contributed by atoms with E-state index in [1.165, 1.54) is 6.07 Å². The van der Waals surface area contributed by atoms with Crippen LogP contribution in [0.15, 0.2) is 48.2 Å². The average Bonchev–Trinajstić information content (AvgIpc) is 2.95. The van der Waals surface area contributed by atoms with Crippen molar-refractivity contribution >= 4 is 29.4 Å². The average molecular weight is 373 g/mol. The largest absolute Gasteiger partial charge is 0.496 e. The molecule has 1 aliphatic rings. The first-order valence-electron chi connectivity index (χ1n) is 8.10. The van der Waals surface area contributed by atoms with Gasteiger partial charge in [0.1, 0.15) is 17.2 Å². The van der Waals surface area contributed by atoms with Crippen LogP contribution in [0.3, 0.4) is 0 Å². The summed E-state index contributed by atoms with van der Waals surface area (Å²) in [6.45, 7) is 0. The molecule has 134 valence electrons. The predicted molar refractivity (Wildman–Crippen MR) is 98.0 cm³/mol. The molecule has 2 aromatic carbocycles. The van der Waals surface area contributed by atoms with Crippen LogP contribution >= 0.6 is 11.6 Å². The van der Waals surface area contributed by atoms with E-state index in [-0.39, 0.29) is 23.9 Å². The number of allylic oxidation sites excluding steroid dienone is 1. The number of carbonyl (C=O) groups excluding carboxylic acids is 2. The summed E-state index contributed by atoms with van der Waals surface area (Å²) in [6.07, 6.45) is 2.42. The van der Waals surface area contributed by atoms with Crippen molar-refractivity contribution < 1.29 is 23.8 Å². The molecule has 0 N–H and O–H groups in total. The lowest BCUT2D eigenvalue weighted by molar-refractivity contribution is -0.134. The lowest BCUT2D eigenvalue weighted by Gasteiger charge is -2.05. The Morgan fingerprint density at radius 3 is 2.81 bits per heavy atom. The van der Waals surface area contributed by atoms with Crippen molar-refractivity contribution in [3.63, 3.8) is 0 Å². The quantitative estimate of drug-likeness (QED) is 0.328. The SMILES string of the molecule is COc1ccccc1C=C1Oc2cc(OC(=O)CCCCl)ccc2C1=O. The number of ketones is 1. The van der Waals surface area contributed by atoms with Crippen LogP contribution in [0.1, 0.15) is 28.8 Å². The summed E-state index contributed by atoms with van der Waals surface area (Å²) in [4.78, 5) is 24.2. The van der Waals surface area contributed by atoms with Crippen LogP contribution in [0.25, 0.3) is 6.08 Å². The Morgan fingerprint density at radius 2 is 2.04 bits per heavy atom. The number of hydrogen-bond acceptors (Lipinski definition) is 5. The van der Waals surface area contributed by atoms with E-state index in [2.05, 4.69) is 0 Å². The number of Topliss-reactive ketones (excluding diaryl/α,β-unsaturated/α-hetero) is 1. The van der Waals surface area contributed by atoms with Crippen LogP contribution < -0.4 is 14.2 Å². The molecule has 2 aromatic rings. The van der Waals surface area contributed by atoms with Gasteiger partial charge in [0, 0.05) is 23.9 Å². The highest BCUT2D eigenvalue weighted by atomic mass is 35.5. The minimum atomic E-state index is -0.375. The van der Waals surface area contributed by atoms with Crippen molar-refractivity contribution in [3.8, 4) is 17.2 Å². The molecular formula is C20H17ClO5. The Balaban J connectivity index is 1.80. The maximum absolute atomic E-state index is 12.5. The second-order valence-corrected chi connectivity index (χ2v) is 5.98. The topological polar surface area (TPSA) is 61.8 Å². The van der Waals surface area contributed by atoms with Crippen LogP contribution in [0.4, 0.5) is 0 Å². The van der Waals surface area contributed by atoms with E-state index >= 15 is 0 Å². The van der Waals surface area contributed by atoms with Gasteiger partial charge in [-0.1, -0.05) is 18.2 Å². The van der Waals surface area contributed by atoms with Gasteiger partial charge >= 0.3 is 5.97 Å². The molecule has 6 heteroatoms. The molecule has 0 amide bonds. The summed E-state index contributed by atoms with van der Waals surface area (Å²) in [5.74, 6) is 1.31. The number of rotatable bonds is 6. The minimum Gasteiger partial charge on any atom is -0.496 e. The number of carbonyl (C=O) groups is 2. The number of fused-ring (bicyclic) bond motifs is 1. The molecule has 0 saturated heterocycles. The smallest absolute Gasteiger partial charge is 0.311 e. The molecule has 3 rings (SSSR count). The Kier molecular flexibility index (Phi) is 5.58. The fourth-order valence-electron chi connectivity index (χ4n) is 2.55. The van der Waals surface area contributed by atoms with Gasteiger partial charge in [-0.2, -0.15) is 0 Å². The number of ether oxygens (including phenoxy) is 3. The van der Waals surface area contributed by atoms with Crippen LogP contribution in [-0.4, -0.2) is 24.7 Å². The van der Waals surface area contributed by atoms with E-state index < -0.39 is 0 Å². The summed E-state index contributed by atoms with van der Waals surface area (Å²) >= 11 is 5.57. The van der Waals surface area contributed by atoms with Gasteiger partial charge in [0.05, 0.1) is 12.7 Å². The zero-order chi connectivity index (χ0) is 18.5. The summed E-state index contributed by atoms with van der Waals surface area (Å²) in [5.41, 5.74) is 1.16. The van der Waals surface area contributed by atoms with Gasteiger partial charge < -0.3 is 14.2 Å². The third-order valence-electron chi connectivity index (χ3n) is 3.81. The van der Waals surface area contributed by atoms with E-state index in [4.69, 9.17) is 25.8 Å². The van der Waals surface area contributed by atoms with Crippen molar-refractivity contribution in [3.05, 3.63) is 59.4 Å².